The molecule has 0 radical (unpaired) electrons. The van der Waals surface area contributed by atoms with E-state index < -0.39 is 5.82 Å². The Kier molecular flexibility index (Phi) is 6.58. The second-order valence-electron chi connectivity index (χ2n) is 7.20. The molecule has 3 rings (SSSR count). The summed E-state index contributed by atoms with van der Waals surface area (Å²) in [7, 11) is 1.66. The third kappa shape index (κ3) is 5.74. The number of halogens is 1. The van der Waals surface area contributed by atoms with Crippen molar-refractivity contribution < 1.29 is 14.0 Å². The van der Waals surface area contributed by atoms with Gasteiger partial charge in [-0.2, -0.15) is 5.10 Å². The number of nitrogens with one attached hydrogen (secondary N) is 2. The van der Waals surface area contributed by atoms with Crippen LogP contribution in [-0.4, -0.2) is 46.6 Å². The van der Waals surface area contributed by atoms with E-state index in [0.29, 0.717) is 11.5 Å². The maximum Gasteiger partial charge on any atom is 0.239 e. The van der Waals surface area contributed by atoms with Gasteiger partial charge in [-0.15, -0.1) is 0 Å². The first-order valence-electron chi connectivity index (χ1n) is 9.47. The molecule has 0 saturated heterocycles. The van der Waals surface area contributed by atoms with E-state index in [-0.39, 0.29) is 24.9 Å². The lowest BCUT2D eigenvalue weighted by Crippen LogP contribution is -2.36. The summed E-state index contributed by atoms with van der Waals surface area (Å²) < 4.78 is 14.9. The molecule has 0 fully saturated rings. The second-order valence-corrected chi connectivity index (χ2v) is 7.20. The number of carbonyl (C=O) groups is 2. The quantitative estimate of drug-likeness (QED) is 0.628. The van der Waals surface area contributed by atoms with E-state index >= 15 is 0 Å². The van der Waals surface area contributed by atoms with Crippen molar-refractivity contribution >= 4 is 23.3 Å². The van der Waals surface area contributed by atoms with Gasteiger partial charge >= 0.3 is 0 Å². The number of benzene rings is 2. The van der Waals surface area contributed by atoms with Gasteiger partial charge < -0.3 is 10.6 Å². The average molecular weight is 409 g/mol. The number of nitrogens with zero attached hydrogens (tertiary/aromatic N) is 3. The molecule has 156 valence electrons. The highest BCUT2D eigenvalue weighted by Crippen LogP contribution is 2.17. The Morgan fingerprint density at radius 1 is 1.00 bits per heavy atom. The summed E-state index contributed by atoms with van der Waals surface area (Å²) in [5, 5.41) is 9.89. The summed E-state index contributed by atoms with van der Waals surface area (Å²) in [6, 6.07) is 15.2. The molecule has 1 aromatic heterocycles. The van der Waals surface area contributed by atoms with Crippen LogP contribution in [0.2, 0.25) is 0 Å². The smallest absolute Gasteiger partial charge is 0.239 e. The van der Waals surface area contributed by atoms with Gasteiger partial charge in [-0.1, -0.05) is 23.8 Å². The topological polar surface area (TPSA) is 79.3 Å². The summed E-state index contributed by atoms with van der Waals surface area (Å²) in [6.45, 7) is 3.85. The van der Waals surface area contributed by atoms with Crippen LogP contribution in [0.3, 0.4) is 0 Å². The molecular weight excluding hydrogens is 385 g/mol. The van der Waals surface area contributed by atoms with E-state index in [1.54, 1.807) is 28.8 Å². The number of amides is 2. The van der Waals surface area contributed by atoms with Crippen molar-refractivity contribution in [3.05, 3.63) is 71.7 Å². The molecule has 0 aliphatic rings. The molecule has 2 aromatic carbocycles. The fraction of sp³-hybridized carbons (Fsp3) is 0.227. The van der Waals surface area contributed by atoms with Crippen LogP contribution in [-0.2, 0) is 9.59 Å². The molecule has 1 heterocycles. The van der Waals surface area contributed by atoms with Gasteiger partial charge in [0.25, 0.3) is 0 Å². The van der Waals surface area contributed by atoms with Crippen molar-refractivity contribution in [2.45, 2.75) is 13.8 Å². The molecule has 7 nitrogen and oxygen atoms in total. The number of carbonyl (C=O) groups excluding carboxylic acids is 2. The fourth-order valence-electron chi connectivity index (χ4n) is 2.97. The molecule has 0 saturated carbocycles. The maximum absolute atomic E-state index is 13.2. The number of aromatic nitrogens is 2. The van der Waals surface area contributed by atoms with E-state index in [2.05, 4.69) is 15.7 Å². The molecule has 8 heteroatoms. The highest BCUT2D eigenvalue weighted by Gasteiger charge is 2.14. The zero-order chi connectivity index (χ0) is 21.7. The van der Waals surface area contributed by atoms with Gasteiger partial charge in [-0.3, -0.25) is 14.5 Å². The molecule has 30 heavy (non-hydrogen) atoms. The van der Waals surface area contributed by atoms with Crippen LogP contribution < -0.4 is 10.6 Å². The largest absolute Gasteiger partial charge is 0.325 e. The van der Waals surface area contributed by atoms with Gasteiger partial charge in [-0.25, -0.2) is 9.07 Å². The molecule has 0 bridgehead atoms. The number of hydrogen-bond acceptors (Lipinski definition) is 4. The van der Waals surface area contributed by atoms with Crippen LogP contribution in [0.1, 0.15) is 11.3 Å². The van der Waals surface area contributed by atoms with Gasteiger partial charge in [-0.05, 0) is 51.2 Å². The van der Waals surface area contributed by atoms with Crippen LogP contribution in [0.4, 0.5) is 15.9 Å². The van der Waals surface area contributed by atoms with E-state index in [1.807, 2.05) is 38.1 Å². The minimum absolute atomic E-state index is 0.00863. The van der Waals surface area contributed by atoms with Crippen molar-refractivity contribution in [2.24, 2.45) is 0 Å². The fourth-order valence-corrected chi connectivity index (χ4v) is 2.97. The number of rotatable bonds is 7. The summed E-state index contributed by atoms with van der Waals surface area (Å²) in [4.78, 5) is 26.2. The lowest BCUT2D eigenvalue weighted by atomic mass is 10.2. The van der Waals surface area contributed by atoms with Crippen molar-refractivity contribution in [3.63, 3.8) is 0 Å². The molecule has 2 amide bonds. The van der Waals surface area contributed by atoms with Gasteiger partial charge in [0.2, 0.25) is 11.8 Å². The summed E-state index contributed by atoms with van der Waals surface area (Å²) >= 11 is 0. The molecule has 0 unspecified atom stereocenters. The minimum Gasteiger partial charge on any atom is -0.325 e. The molecule has 0 atom stereocenters. The van der Waals surface area contributed by atoms with Crippen LogP contribution >= 0.6 is 0 Å². The second kappa shape index (κ2) is 9.32. The molecule has 2 N–H and O–H groups in total. The van der Waals surface area contributed by atoms with Crippen LogP contribution in [0, 0.1) is 19.7 Å². The maximum atomic E-state index is 13.2. The number of likely N-dealkylation sites (N-methyl/N-ethyl adjacent to an activating group) is 1. The molecule has 0 spiro atoms. The Balaban J connectivity index is 1.57. The van der Waals surface area contributed by atoms with Gasteiger partial charge in [0.05, 0.1) is 24.5 Å². The predicted octanol–water partition coefficient (Wildman–Crippen LogP) is 3.14. The molecule has 3 aromatic rings. The third-order valence-corrected chi connectivity index (χ3v) is 4.31. The average Bonchev–Trinajstić information content (AvgIpc) is 3.01. The summed E-state index contributed by atoms with van der Waals surface area (Å²) in [6.07, 6.45) is 0. The Labute approximate surface area is 174 Å². The van der Waals surface area contributed by atoms with E-state index in [0.717, 1.165) is 16.9 Å². The Hall–Kier alpha value is -3.52. The summed E-state index contributed by atoms with van der Waals surface area (Å²) in [5.74, 6) is -0.485. The van der Waals surface area contributed by atoms with Crippen molar-refractivity contribution in [1.29, 1.82) is 0 Å². The lowest BCUT2D eigenvalue weighted by molar-refractivity contribution is -0.119. The third-order valence-electron chi connectivity index (χ3n) is 4.31. The van der Waals surface area contributed by atoms with Gasteiger partial charge in [0, 0.05) is 11.8 Å². The van der Waals surface area contributed by atoms with E-state index in [9.17, 15) is 14.0 Å². The highest BCUT2D eigenvalue weighted by molar-refractivity contribution is 5.94. The number of aryl methyl sites for hydroxylation is 2. The number of anilines is 2. The van der Waals surface area contributed by atoms with Crippen molar-refractivity contribution in [3.8, 4) is 5.69 Å². The molecular formula is C22H24FN5O2. The first-order valence-corrected chi connectivity index (χ1v) is 9.47. The zero-order valence-corrected chi connectivity index (χ0v) is 17.1. The van der Waals surface area contributed by atoms with Gasteiger partial charge in [0.1, 0.15) is 11.6 Å². The summed E-state index contributed by atoms with van der Waals surface area (Å²) in [5.41, 5.74) is 3.11. The molecule has 0 aliphatic carbocycles. The van der Waals surface area contributed by atoms with Crippen molar-refractivity contribution in [1.82, 2.24) is 14.7 Å². The SMILES string of the molecule is Cc1ccc(-n2nc(C)cc2NC(=O)CN(C)CC(=O)Nc2cccc(F)c2)cc1. The zero-order valence-electron chi connectivity index (χ0n) is 17.1. The Bertz CT molecular complexity index is 1050. The van der Waals surface area contributed by atoms with E-state index in [4.69, 9.17) is 0 Å². The predicted molar refractivity (Wildman–Crippen MR) is 114 cm³/mol. The lowest BCUT2D eigenvalue weighted by Gasteiger charge is -2.16. The molecule has 0 aliphatic heterocycles. The highest BCUT2D eigenvalue weighted by atomic mass is 19.1. The van der Waals surface area contributed by atoms with E-state index in [1.165, 1.54) is 18.2 Å². The van der Waals surface area contributed by atoms with Crippen LogP contribution in [0.5, 0.6) is 0 Å². The standard InChI is InChI=1S/C22H24FN5O2/c1-15-7-9-19(10-8-15)28-20(11-16(2)26-28)25-22(30)14-27(3)13-21(29)24-18-6-4-5-17(23)12-18/h4-12H,13-14H2,1-3H3,(H,24,29)(H,25,30). The minimum atomic E-state index is -0.430. The first kappa shape index (κ1) is 21.2. The first-order chi connectivity index (χ1) is 14.3. The number of hydrogen-bond donors (Lipinski definition) is 2. The monoisotopic (exact) mass is 409 g/mol. The van der Waals surface area contributed by atoms with Gasteiger partial charge in [0.15, 0.2) is 0 Å². The normalized spacial score (nSPS) is 10.8. The Morgan fingerprint density at radius 2 is 1.67 bits per heavy atom. The van der Waals surface area contributed by atoms with Crippen molar-refractivity contribution in [2.75, 3.05) is 30.8 Å². The Morgan fingerprint density at radius 3 is 2.33 bits per heavy atom. The van der Waals surface area contributed by atoms with Crippen LogP contribution in [0.25, 0.3) is 5.69 Å². The van der Waals surface area contributed by atoms with Crippen LogP contribution in [0.15, 0.2) is 54.6 Å².